The number of fused-ring (bicyclic) bond motifs is 1. The second kappa shape index (κ2) is 6.85. The number of hydrogen-bond acceptors (Lipinski definition) is 2. The fourth-order valence-electron chi connectivity index (χ4n) is 3.61. The molecule has 140 valence electrons. The van der Waals surface area contributed by atoms with Crippen LogP contribution in [-0.2, 0) is 6.42 Å². The number of phenolic OH excluding ortho intramolecular Hbond substituents is 1. The average Bonchev–Trinajstić information content (AvgIpc) is 2.47. The lowest BCUT2D eigenvalue weighted by atomic mass is 9.84. The molecule has 1 aliphatic rings. The summed E-state index contributed by atoms with van der Waals surface area (Å²) in [7, 11) is 0. The van der Waals surface area contributed by atoms with Crippen LogP contribution in [0.2, 0.25) is 0 Å². The molecular weight excluding hydrogens is 414 g/mol. The largest absolute Gasteiger partial charge is 0.508 e. The van der Waals surface area contributed by atoms with E-state index in [0.29, 0.717) is 17.5 Å². The molecule has 2 atom stereocenters. The van der Waals surface area contributed by atoms with E-state index in [0.717, 1.165) is 19.1 Å². The van der Waals surface area contributed by atoms with Crippen molar-refractivity contribution in [3.8, 4) is 5.75 Å². The van der Waals surface area contributed by atoms with Gasteiger partial charge in [0, 0.05) is 23.0 Å². The molecule has 0 spiro atoms. The van der Waals surface area contributed by atoms with Gasteiger partial charge in [-0.2, -0.15) is 0 Å². The number of halogens is 5. The van der Waals surface area contributed by atoms with Gasteiger partial charge in [-0.05, 0) is 48.7 Å². The molecule has 0 fully saturated rings. The zero-order chi connectivity index (χ0) is 19.2. The second-order valence-electron chi connectivity index (χ2n) is 6.86. The Morgan fingerprint density at radius 1 is 1.19 bits per heavy atom. The van der Waals surface area contributed by atoms with E-state index in [-0.39, 0.29) is 21.8 Å². The lowest BCUT2D eigenvalue weighted by Gasteiger charge is -2.43. The predicted molar refractivity (Wildman–Crippen MR) is 94.5 cm³/mol. The molecule has 0 aliphatic carbocycles. The number of alkyl halides is 2. The monoisotopic (exact) mass is 431 g/mol. The zero-order valence-corrected chi connectivity index (χ0v) is 15.8. The first kappa shape index (κ1) is 19.2. The summed E-state index contributed by atoms with van der Waals surface area (Å²) < 4.78 is 57.2. The van der Waals surface area contributed by atoms with Gasteiger partial charge in [0.05, 0.1) is 12.6 Å². The minimum atomic E-state index is -3.02. The van der Waals surface area contributed by atoms with Gasteiger partial charge in [-0.3, -0.25) is 4.90 Å². The number of benzene rings is 2. The Bertz CT molecular complexity index is 814. The van der Waals surface area contributed by atoms with Crippen LogP contribution in [-0.4, -0.2) is 28.5 Å². The van der Waals surface area contributed by atoms with Crippen LogP contribution in [0, 0.1) is 11.6 Å². The highest BCUT2D eigenvalue weighted by atomic mass is 79.9. The van der Waals surface area contributed by atoms with Crippen molar-refractivity contribution in [2.24, 2.45) is 0 Å². The van der Waals surface area contributed by atoms with Crippen LogP contribution in [0.15, 0.2) is 34.8 Å². The van der Waals surface area contributed by atoms with E-state index in [4.69, 9.17) is 0 Å². The Kier molecular flexibility index (Phi) is 5.05. The van der Waals surface area contributed by atoms with Crippen LogP contribution in [0.3, 0.4) is 0 Å². The van der Waals surface area contributed by atoms with E-state index in [1.165, 1.54) is 17.0 Å². The highest BCUT2D eigenvalue weighted by Gasteiger charge is 2.40. The SMILES string of the molecule is CC1Cc2cc(O)ccc2C(c2c(F)cc(Br)cc2F)N1CC(C)(F)F. The number of aromatic hydroxyl groups is 1. The van der Waals surface area contributed by atoms with Gasteiger partial charge in [-0.25, -0.2) is 17.6 Å². The summed E-state index contributed by atoms with van der Waals surface area (Å²) in [6, 6.07) is 5.33. The fraction of sp³-hybridized carbons (Fsp3) is 0.368. The first-order valence-electron chi connectivity index (χ1n) is 8.16. The molecule has 0 saturated carbocycles. The third-order valence-corrected chi connectivity index (χ3v) is 5.07. The second-order valence-corrected chi connectivity index (χ2v) is 7.78. The minimum Gasteiger partial charge on any atom is -0.508 e. The highest BCUT2D eigenvalue weighted by Crippen LogP contribution is 2.42. The van der Waals surface area contributed by atoms with E-state index in [1.807, 2.05) is 0 Å². The van der Waals surface area contributed by atoms with Gasteiger partial charge >= 0.3 is 0 Å². The van der Waals surface area contributed by atoms with E-state index in [2.05, 4.69) is 15.9 Å². The molecular formula is C19H18BrF4NO. The predicted octanol–water partition coefficient (Wildman–Crippen LogP) is 5.42. The molecule has 1 heterocycles. The summed E-state index contributed by atoms with van der Waals surface area (Å²) in [5, 5.41) is 9.74. The molecule has 2 aromatic rings. The molecule has 3 rings (SSSR count). The molecule has 26 heavy (non-hydrogen) atoms. The van der Waals surface area contributed by atoms with Crippen molar-refractivity contribution in [2.75, 3.05) is 6.54 Å². The number of phenols is 1. The number of hydrogen-bond donors (Lipinski definition) is 1. The molecule has 0 aromatic heterocycles. The van der Waals surface area contributed by atoms with Crippen LogP contribution >= 0.6 is 15.9 Å². The minimum absolute atomic E-state index is 0.0284. The zero-order valence-electron chi connectivity index (χ0n) is 14.2. The van der Waals surface area contributed by atoms with Gasteiger partial charge in [-0.15, -0.1) is 0 Å². The van der Waals surface area contributed by atoms with Crippen molar-refractivity contribution >= 4 is 15.9 Å². The molecule has 2 aromatic carbocycles. The van der Waals surface area contributed by atoms with E-state index >= 15 is 0 Å². The molecule has 0 saturated heterocycles. The Morgan fingerprint density at radius 3 is 2.38 bits per heavy atom. The molecule has 0 radical (unpaired) electrons. The molecule has 1 aliphatic heterocycles. The first-order chi connectivity index (χ1) is 12.1. The molecule has 2 nitrogen and oxygen atoms in total. The summed E-state index contributed by atoms with van der Waals surface area (Å²) in [5.74, 6) is -4.61. The van der Waals surface area contributed by atoms with Gasteiger partial charge in [0.25, 0.3) is 5.92 Å². The average molecular weight is 432 g/mol. The smallest absolute Gasteiger partial charge is 0.257 e. The van der Waals surface area contributed by atoms with Gasteiger partial charge in [0.15, 0.2) is 0 Å². The standard InChI is InChI=1S/C19H18BrF4NO/c1-10-5-11-6-13(26)3-4-14(11)18(25(10)9-19(2,23)24)17-15(21)7-12(20)8-16(17)22/h3-4,6-8,10,18,26H,5,9H2,1-2H3. The summed E-state index contributed by atoms with van der Waals surface area (Å²) in [4.78, 5) is 1.43. The molecule has 0 bridgehead atoms. The lowest BCUT2D eigenvalue weighted by molar-refractivity contribution is -0.0371. The lowest BCUT2D eigenvalue weighted by Crippen LogP contribution is -2.47. The normalized spacial score (nSPS) is 20.9. The molecule has 2 unspecified atom stereocenters. The fourth-order valence-corrected chi connectivity index (χ4v) is 4.01. The van der Waals surface area contributed by atoms with Crippen LogP contribution < -0.4 is 0 Å². The van der Waals surface area contributed by atoms with Crippen molar-refractivity contribution in [2.45, 2.75) is 38.3 Å². The Balaban J connectivity index is 2.22. The maximum atomic E-state index is 14.7. The molecule has 7 heteroatoms. The summed E-state index contributed by atoms with van der Waals surface area (Å²) in [5.41, 5.74) is 0.945. The van der Waals surface area contributed by atoms with Crippen LogP contribution in [0.4, 0.5) is 17.6 Å². The third kappa shape index (κ3) is 3.74. The Hall–Kier alpha value is -1.60. The van der Waals surface area contributed by atoms with Gasteiger partial charge in [0.2, 0.25) is 0 Å². The molecule has 1 N–H and O–H groups in total. The van der Waals surface area contributed by atoms with Crippen molar-refractivity contribution in [3.63, 3.8) is 0 Å². The van der Waals surface area contributed by atoms with Crippen LogP contribution in [0.25, 0.3) is 0 Å². The van der Waals surface area contributed by atoms with Crippen molar-refractivity contribution < 1.29 is 22.7 Å². The summed E-state index contributed by atoms with van der Waals surface area (Å²) in [6.07, 6.45) is 0.399. The highest BCUT2D eigenvalue weighted by molar-refractivity contribution is 9.10. The number of rotatable bonds is 3. The van der Waals surface area contributed by atoms with E-state index in [9.17, 15) is 22.7 Å². The third-order valence-electron chi connectivity index (χ3n) is 4.61. The van der Waals surface area contributed by atoms with E-state index < -0.39 is 30.1 Å². The van der Waals surface area contributed by atoms with Crippen LogP contribution in [0.1, 0.15) is 36.6 Å². The van der Waals surface area contributed by atoms with Gasteiger partial charge in [0.1, 0.15) is 17.4 Å². The van der Waals surface area contributed by atoms with Gasteiger partial charge < -0.3 is 5.11 Å². The van der Waals surface area contributed by atoms with E-state index in [1.54, 1.807) is 13.0 Å². The summed E-state index contributed by atoms with van der Waals surface area (Å²) in [6.45, 7) is 1.89. The van der Waals surface area contributed by atoms with Crippen molar-refractivity contribution in [1.29, 1.82) is 0 Å². The number of nitrogens with zero attached hydrogens (tertiary/aromatic N) is 1. The topological polar surface area (TPSA) is 23.5 Å². The van der Waals surface area contributed by atoms with Crippen molar-refractivity contribution in [1.82, 2.24) is 4.90 Å². The van der Waals surface area contributed by atoms with Gasteiger partial charge in [-0.1, -0.05) is 22.0 Å². The molecule has 0 amide bonds. The quantitative estimate of drug-likeness (QED) is 0.655. The maximum absolute atomic E-state index is 14.7. The van der Waals surface area contributed by atoms with Crippen LogP contribution in [0.5, 0.6) is 5.75 Å². The Labute approximate surface area is 157 Å². The summed E-state index contributed by atoms with van der Waals surface area (Å²) >= 11 is 3.04. The maximum Gasteiger partial charge on any atom is 0.257 e. The van der Waals surface area contributed by atoms with Crippen molar-refractivity contribution in [3.05, 3.63) is 63.1 Å². The Morgan fingerprint density at radius 2 is 1.81 bits per heavy atom. The first-order valence-corrected chi connectivity index (χ1v) is 8.96.